The lowest BCUT2D eigenvalue weighted by molar-refractivity contribution is -0.113. The summed E-state index contributed by atoms with van der Waals surface area (Å²) in [6.07, 6.45) is 4.63. The molecule has 0 radical (unpaired) electrons. The van der Waals surface area contributed by atoms with E-state index in [0.717, 1.165) is 33.9 Å². The minimum Gasteiger partial charge on any atom is -0.497 e. The maximum Gasteiger partial charge on any atom is 0.234 e. The smallest absolute Gasteiger partial charge is 0.234 e. The second-order valence-electron chi connectivity index (χ2n) is 7.84. The van der Waals surface area contributed by atoms with E-state index >= 15 is 0 Å². The van der Waals surface area contributed by atoms with E-state index in [0.29, 0.717) is 17.2 Å². The molecule has 1 N–H and O–H groups in total. The van der Waals surface area contributed by atoms with Crippen LogP contribution in [0.3, 0.4) is 0 Å². The normalized spacial score (nSPS) is 13.3. The highest BCUT2D eigenvalue weighted by molar-refractivity contribution is 8.00. The number of carbonyl (C=O) groups excluding carboxylic acids is 1. The average molecular weight is 458 g/mol. The molecule has 0 fully saturated rings. The molecule has 0 unspecified atom stereocenters. The standard InChI is InChI=1S/C23H27N3O3S2/c1-13(2)21-25-22(20-15-7-5-6-8-18(15)31-23(20)26-21)30-12-19(27)24-16-10-9-14(28-3)11-17(16)29-4/h9-11,13H,5-8,12H2,1-4H3,(H,24,27). The van der Waals surface area contributed by atoms with Gasteiger partial charge in [0.1, 0.15) is 27.2 Å². The van der Waals surface area contributed by atoms with E-state index < -0.39 is 0 Å². The molecular formula is C23H27N3O3S2. The van der Waals surface area contributed by atoms with Crippen LogP contribution in [0.5, 0.6) is 11.5 Å². The molecule has 1 aliphatic rings. The van der Waals surface area contributed by atoms with Gasteiger partial charge in [-0.1, -0.05) is 25.6 Å². The summed E-state index contributed by atoms with van der Waals surface area (Å²) in [5, 5.41) is 5.02. The van der Waals surface area contributed by atoms with Crippen LogP contribution in [-0.2, 0) is 17.6 Å². The molecule has 1 aliphatic carbocycles. The number of nitrogens with zero attached hydrogens (tertiary/aromatic N) is 2. The molecule has 0 saturated carbocycles. The van der Waals surface area contributed by atoms with E-state index in [1.807, 2.05) is 0 Å². The second kappa shape index (κ2) is 9.44. The van der Waals surface area contributed by atoms with E-state index in [-0.39, 0.29) is 17.6 Å². The number of methoxy groups -OCH3 is 2. The van der Waals surface area contributed by atoms with Gasteiger partial charge in [-0.2, -0.15) is 0 Å². The van der Waals surface area contributed by atoms with Crippen LogP contribution >= 0.6 is 23.1 Å². The first-order valence-electron chi connectivity index (χ1n) is 10.5. The van der Waals surface area contributed by atoms with Crippen LogP contribution in [0.25, 0.3) is 10.2 Å². The average Bonchev–Trinajstić information content (AvgIpc) is 3.16. The van der Waals surface area contributed by atoms with Gasteiger partial charge in [-0.25, -0.2) is 9.97 Å². The highest BCUT2D eigenvalue weighted by atomic mass is 32.2. The third-order valence-electron chi connectivity index (χ3n) is 5.34. The Morgan fingerprint density at radius 2 is 2.00 bits per heavy atom. The number of benzene rings is 1. The van der Waals surface area contributed by atoms with Crippen LogP contribution in [0.1, 0.15) is 48.9 Å². The summed E-state index contributed by atoms with van der Waals surface area (Å²) in [6, 6.07) is 5.34. The van der Waals surface area contributed by atoms with Gasteiger partial charge in [-0.05, 0) is 43.4 Å². The largest absolute Gasteiger partial charge is 0.497 e. The first-order chi connectivity index (χ1) is 15.0. The van der Waals surface area contributed by atoms with Gasteiger partial charge < -0.3 is 14.8 Å². The number of hydrogen-bond acceptors (Lipinski definition) is 7. The predicted molar refractivity (Wildman–Crippen MR) is 127 cm³/mol. The summed E-state index contributed by atoms with van der Waals surface area (Å²) in [6.45, 7) is 4.21. The van der Waals surface area contributed by atoms with Crippen molar-refractivity contribution in [3.8, 4) is 11.5 Å². The fraction of sp³-hybridized carbons (Fsp3) is 0.435. The molecule has 6 nitrogen and oxygen atoms in total. The van der Waals surface area contributed by atoms with Crippen molar-refractivity contribution in [2.24, 2.45) is 0 Å². The Hall–Kier alpha value is -2.32. The summed E-state index contributed by atoms with van der Waals surface area (Å²) in [7, 11) is 3.17. The van der Waals surface area contributed by atoms with E-state index in [1.54, 1.807) is 43.8 Å². The van der Waals surface area contributed by atoms with Crippen molar-refractivity contribution in [3.63, 3.8) is 0 Å². The molecule has 3 aromatic rings. The second-order valence-corrected chi connectivity index (χ2v) is 9.88. The molecule has 1 amide bonds. The quantitative estimate of drug-likeness (QED) is 0.376. The highest BCUT2D eigenvalue weighted by Gasteiger charge is 2.22. The van der Waals surface area contributed by atoms with E-state index in [2.05, 4.69) is 19.2 Å². The molecule has 2 aromatic heterocycles. The number of thioether (sulfide) groups is 1. The summed E-state index contributed by atoms with van der Waals surface area (Å²) in [5.41, 5.74) is 2.01. The van der Waals surface area contributed by atoms with Crippen molar-refractivity contribution < 1.29 is 14.3 Å². The Balaban J connectivity index is 1.57. The third-order valence-corrected chi connectivity index (χ3v) is 7.50. The van der Waals surface area contributed by atoms with Crippen molar-refractivity contribution >= 4 is 44.9 Å². The topological polar surface area (TPSA) is 73.3 Å². The zero-order chi connectivity index (χ0) is 22.0. The van der Waals surface area contributed by atoms with Crippen molar-refractivity contribution in [1.82, 2.24) is 9.97 Å². The number of aromatic nitrogens is 2. The van der Waals surface area contributed by atoms with E-state index in [9.17, 15) is 4.79 Å². The molecule has 8 heteroatoms. The minimum atomic E-state index is -0.101. The lowest BCUT2D eigenvalue weighted by Crippen LogP contribution is -2.15. The van der Waals surface area contributed by atoms with Gasteiger partial charge in [0.2, 0.25) is 5.91 Å². The molecule has 4 rings (SSSR count). The summed E-state index contributed by atoms with van der Waals surface area (Å²) < 4.78 is 10.6. The zero-order valence-electron chi connectivity index (χ0n) is 18.3. The van der Waals surface area contributed by atoms with Crippen LogP contribution in [0.4, 0.5) is 5.69 Å². The Bertz CT molecular complexity index is 1110. The molecule has 2 heterocycles. The number of rotatable bonds is 7. The molecule has 0 atom stereocenters. The highest BCUT2D eigenvalue weighted by Crippen LogP contribution is 2.40. The molecule has 0 aliphatic heterocycles. The van der Waals surface area contributed by atoms with Crippen LogP contribution in [-0.4, -0.2) is 35.8 Å². The summed E-state index contributed by atoms with van der Waals surface area (Å²) in [5.74, 6) is 2.48. The number of fused-ring (bicyclic) bond motifs is 3. The summed E-state index contributed by atoms with van der Waals surface area (Å²) in [4.78, 5) is 24.9. The van der Waals surface area contributed by atoms with Gasteiger partial charge in [0, 0.05) is 22.2 Å². The maximum absolute atomic E-state index is 12.7. The number of hydrogen-bond donors (Lipinski definition) is 1. The lowest BCUT2D eigenvalue weighted by Gasteiger charge is -2.13. The first-order valence-corrected chi connectivity index (χ1v) is 12.3. The third kappa shape index (κ3) is 4.65. The molecule has 31 heavy (non-hydrogen) atoms. The van der Waals surface area contributed by atoms with Crippen LogP contribution in [0.2, 0.25) is 0 Å². The molecule has 1 aromatic carbocycles. The van der Waals surface area contributed by atoms with Crippen molar-refractivity contribution in [2.45, 2.75) is 50.5 Å². The Labute approximate surface area is 190 Å². The van der Waals surface area contributed by atoms with E-state index in [1.165, 1.54) is 35.0 Å². The molecular weight excluding hydrogens is 430 g/mol. The molecule has 0 saturated heterocycles. The lowest BCUT2D eigenvalue weighted by atomic mass is 9.97. The Morgan fingerprint density at radius 1 is 1.19 bits per heavy atom. The number of thiophene rings is 1. The van der Waals surface area contributed by atoms with Gasteiger partial charge in [0.25, 0.3) is 0 Å². The van der Waals surface area contributed by atoms with Gasteiger partial charge >= 0.3 is 0 Å². The number of amides is 1. The van der Waals surface area contributed by atoms with Gasteiger partial charge in [-0.15, -0.1) is 11.3 Å². The van der Waals surface area contributed by atoms with Crippen molar-refractivity contribution in [1.29, 1.82) is 0 Å². The van der Waals surface area contributed by atoms with Crippen LogP contribution < -0.4 is 14.8 Å². The summed E-state index contributed by atoms with van der Waals surface area (Å²) >= 11 is 3.28. The van der Waals surface area contributed by atoms with Gasteiger partial charge in [0.05, 0.1) is 25.7 Å². The number of carbonyl (C=O) groups is 1. The van der Waals surface area contributed by atoms with Gasteiger partial charge in [-0.3, -0.25) is 4.79 Å². The Kier molecular flexibility index (Phi) is 6.67. The van der Waals surface area contributed by atoms with Crippen LogP contribution in [0.15, 0.2) is 23.2 Å². The SMILES string of the molecule is COc1ccc(NC(=O)CSc2nc(C(C)C)nc3sc4c(c23)CCCC4)c(OC)c1. The van der Waals surface area contributed by atoms with Crippen molar-refractivity contribution in [2.75, 3.05) is 25.3 Å². The van der Waals surface area contributed by atoms with Gasteiger partial charge in [0.15, 0.2) is 0 Å². The van der Waals surface area contributed by atoms with E-state index in [4.69, 9.17) is 19.4 Å². The zero-order valence-corrected chi connectivity index (χ0v) is 19.9. The number of aryl methyl sites for hydroxylation is 2. The van der Waals surface area contributed by atoms with Crippen LogP contribution in [0, 0.1) is 0 Å². The van der Waals surface area contributed by atoms with Crippen molar-refractivity contribution in [3.05, 3.63) is 34.5 Å². The molecule has 164 valence electrons. The number of nitrogens with one attached hydrogen (secondary N) is 1. The number of anilines is 1. The first kappa shape index (κ1) is 21.9. The maximum atomic E-state index is 12.7. The molecule has 0 bridgehead atoms. The Morgan fingerprint density at radius 3 is 2.74 bits per heavy atom. The number of ether oxygens (including phenoxy) is 2. The minimum absolute atomic E-state index is 0.101. The monoisotopic (exact) mass is 457 g/mol. The fourth-order valence-electron chi connectivity index (χ4n) is 3.72. The fourth-order valence-corrected chi connectivity index (χ4v) is 5.92. The predicted octanol–water partition coefficient (Wildman–Crippen LogP) is 5.44. The molecule has 0 spiro atoms.